The average molecular weight is 376 g/mol. The van der Waals surface area contributed by atoms with Gasteiger partial charge in [-0.2, -0.15) is 0 Å². The van der Waals surface area contributed by atoms with E-state index in [0.29, 0.717) is 22.3 Å². The number of nitrogens with two attached hydrogens (primary N) is 3. The summed E-state index contributed by atoms with van der Waals surface area (Å²) in [6.07, 6.45) is 3.32. The van der Waals surface area contributed by atoms with E-state index >= 15 is 0 Å². The van der Waals surface area contributed by atoms with Crippen molar-refractivity contribution in [2.75, 3.05) is 29.5 Å². The van der Waals surface area contributed by atoms with Crippen LogP contribution in [0.5, 0.6) is 5.75 Å². The Balaban J connectivity index is 1.74. The van der Waals surface area contributed by atoms with E-state index in [-0.39, 0.29) is 22.9 Å². The van der Waals surface area contributed by atoms with Gasteiger partial charge in [-0.25, -0.2) is 9.97 Å². The minimum Gasteiger partial charge on any atom is -0.436 e. The van der Waals surface area contributed by atoms with Crippen LogP contribution < -0.4 is 26.8 Å². The molecule has 2 heterocycles. The van der Waals surface area contributed by atoms with Gasteiger partial charge in [0.1, 0.15) is 11.6 Å². The van der Waals surface area contributed by atoms with Gasteiger partial charge in [0.25, 0.3) is 0 Å². The lowest BCUT2D eigenvalue weighted by Gasteiger charge is -2.37. The van der Waals surface area contributed by atoms with Crippen LogP contribution in [0.2, 0.25) is 5.02 Å². The molecule has 0 radical (unpaired) electrons. The predicted molar refractivity (Wildman–Crippen MR) is 104 cm³/mol. The molecule has 26 heavy (non-hydrogen) atoms. The summed E-state index contributed by atoms with van der Waals surface area (Å²) in [5, 5.41) is 8.40. The Kier molecular flexibility index (Phi) is 4.88. The minimum atomic E-state index is -0.235. The molecule has 2 aromatic rings. The summed E-state index contributed by atoms with van der Waals surface area (Å²) in [6, 6.07) is 4.76. The van der Waals surface area contributed by atoms with Gasteiger partial charge in [-0.15, -0.1) is 0 Å². The van der Waals surface area contributed by atoms with Crippen LogP contribution in [0, 0.1) is 5.41 Å². The largest absolute Gasteiger partial charge is 0.436 e. The Bertz CT molecular complexity index is 830. The molecule has 0 bridgehead atoms. The van der Waals surface area contributed by atoms with Gasteiger partial charge in [0.2, 0.25) is 5.90 Å². The first kappa shape index (κ1) is 18.2. The van der Waals surface area contributed by atoms with E-state index in [1.165, 1.54) is 0 Å². The molecule has 0 amide bonds. The molecule has 1 saturated heterocycles. The number of benzene rings is 1. The summed E-state index contributed by atoms with van der Waals surface area (Å²) in [5.41, 5.74) is 18.3. The molecule has 0 unspecified atom stereocenters. The lowest BCUT2D eigenvalue weighted by molar-refractivity contribution is 0.363. The van der Waals surface area contributed by atoms with Crippen molar-refractivity contribution in [3.63, 3.8) is 0 Å². The van der Waals surface area contributed by atoms with Crippen molar-refractivity contribution in [2.24, 2.45) is 5.73 Å². The molecule has 0 spiro atoms. The topological polar surface area (TPSA) is 140 Å². The van der Waals surface area contributed by atoms with Crippen molar-refractivity contribution >= 4 is 34.8 Å². The summed E-state index contributed by atoms with van der Waals surface area (Å²) in [5.74, 6) is 0.857. The van der Waals surface area contributed by atoms with Crippen molar-refractivity contribution in [3.8, 4) is 5.75 Å². The average Bonchev–Trinajstić information content (AvgIpc) is 2.57. The lowest BCUT2D eigenvalue weighted by atomic mass is 9.91. The van der Waals surface area contributed by atoms with E-state index in [9.17, 15) is 0 Å². The van der Waals surface area contributed by atoms with Crippen LogP contribution in [0.25, 0.3) is 0 Å². The number of nitrogens with zero attached hydrogens (tertiary/aromatic N) is 3. The number of rotatable bonds is 3. The highest BCUT2D eigenvalue weighted by atomic mass is 35.5. The number of halogens is 1. The van der Waals surface area contributed by atoms with E-state index in [1.807, 2.05) is 0 Å². The Labute approximate surface area is 156 Å². The van der Waals surface area contributed by atoms with Gasteiger partial charge in [0.05, 0.1) is 11.2 Å². The maximum Gasteiger partial charge on any atom is 0.241 e. The molecule has 7 N–H and O–H groups in total. The molecule has 8 nitrogen and oxygen atoms in total. The molecule has 1 aromatic carbocycles. The van der Waals surface area contributed by atoms with E-state index in [1.54, 1.807) is 24.4 Å². The van der Waals surface area contributed by atoms with E-state index in [0.717, 1.165) is 25.9 Å². The third kappa shape index (κ3) is 3.97. The first-order chi connectivity index (χ1) is 12.2. The molecule has 1 aliphatic rings. The van der Waals surface area contributed by atoms with Crippen LogP contribution in [-0.2, 0) is 0 Å². The molecule has 0 atom stereocenters. The highest BCUT2D eigenvalue weighted by Gasteiger charge is 2.27. The lowest BCUT2D eigenvalue weighted by Crippen LogP contribution is -2.48. The zero-order valence-electron chi connectivity index (χ0n) is 14.5. The van der Waals surface area contributed by atoms with Gasteiger partial charge in [-0.3, -0.25) is 5.41 Å². The predicted octanol–water partition coefficient (Wildman–Crippen LogP) is 2.02. The molecule has 3 rings (SSSR count). The van der Waals surface area contributed by atoms with E-state index in [2.05, 4.69) is 21.8 Å². The molecular formula is C17H22ClN7O. The Morgan fingerprint density at radius 2 is 2.00 bits per heavy atom. The molecule has 0 aliphatic carbocycles. The third-order valence-electron chi connectivity index (χ3n) is 4.40. The van der Waals surface area contributed by atoms with Gasteiger partial charge in [0, 0.05) is 24.3 Å². The number of hydrogen-bond acceptors (Lipinski definition) is 8. The number of nitrogen functional groups attached to an aromatic ring is 2. The second-order valence-electron chi connectivity index (χ2n) is 6.72. The van der Waals surface area contributed by atoms with Crippen molar-refractivity contribution < 1.29 is 4.74 Å². The van der Waals surface area contributed by atoms with Gasteiger partial charge in [-0.05, 0) is 38.0 Å². The van der Waals surface area contributed by atoms with Gasteiger partial charge < -0.3 is 26.8 Å². The van der Waals surface area contributed by atoms with Crippen LogP contribution in [0.1, 0.15) is 25.5 Å². The second kappa shape index (κ2) is 6.97. The second-order valence-corrected chi connectivity index (χ2v) is 7.13. The first-order valence-electron chi connectivity index (χ1n) is 8.23. The smallest absolute Gasteiger partial charge is 0.241 e. The van der Waals surface area contributed by atoms with Crippen molar-refractivity contribution in [3.05, 3.63) is 35.1 Å². The first-order valence-corrected chi connectivity index (χ1v) is 8.61. The van der Waals surface area contributed by atoms with Gasteiger partial charge in [0.15, 0.2) is 11.5 Å². The number of piperidine rings is 1. The fraction of sp³-hybridized carbons (Fsp3) is 0.353. The molecule has 138 valence electrons. The van der Waals surface area contributed by atoms with Crippen LogP contribution in [0.4, 0.5) is 17.3 Å². The SMILES string of the molecule is CC1(N)CCN(c2cnc(C(=N)Oc3ccc(N)cc3Cl)c(N)n2)CC1. The summed E-state index contributed by atoms with van der Waals surface area (Å²) in [6.45, 7) is 3.62. The zero-order chi connectivity index (χ0) is 18.9. The van der Waals surface area contributed by atoms with E-state index in [4.69, 9.17) is 38.9 Å². The number of aromatic nitrogens is 2. The van der Waals surface area contributed by atoms with Crippen molar-refractivity contribution in [2.45, 2.75) is 25.3 Å². The quantitative estimate of drug-likeness (QED) is 0.365. The minimum absolute atomic E-state index is 0.125. The summed E-state index contributed by atoms with van der Waals surface area (Å²) < 4.78 is 5.46. The van der Waals surface area contributed by atoms with Crippen LogP contribution >= 0.6 is 11.6 Å². The fourth-order valence-electron chi connectivity index (χ4n) is 2.73. The van der Waals surface area contributed by atoms with Crippen LogP contribution in [0.15, 0.2) is 24.4 Å². The van der Waals surface area contributed by atoms with Gasteiger partial charge >= 0.3 is 0 Å². The standard InChI is InChI=1S/C17H22ClN7O/c1-17(22)4-6-25(7-5-17)13-9-23-14(15(20)24-13)16(21)26-12-3-2-10(19)8-11(12)18/h2-3,8-9,21H,4-7,19,22H2,1H3,(H2,20,24). The number of anilines is 3. The number of ether oxygens (including phenoxy) is 1. The molecule has 1 fully saturated rings. The Morgan fingerprint density at radius 1 is 1.31 bits per heavy atom. The Morgan fingerprint density at radius 3 is 2.62 bits per heavy atom. The third-order valence-corrected chi connectivity index (χ3v) is 4.69. The van der Waals surface area contributed by atoms with Crippen molar-refractivity contribution in [1.29, 1.82) is 5.41 Å². The Hall–Kier alpha value is -2.58. The molecule has 9 heteroatoms. The summed E-state index contributed by atoms with van der Waals surface area (Å²) in [4.78, 5) is 10.7. The van der Waals surface area contributed by atoms with E-state index < -0.39 is 0 Å². The molecular weight excluding hydrogens is 354 g/mol. The number of hydrogen-bond donors (Lipinski definition) is 4. The maximum atomic E-state index is 8.10. The normalized spacial score (nSPS) is 16.3. The number of nitrogens with one attached hydrogen (secondary N) is 1. The van der Waals surface area contributed by atoms with Crippen molar-refractivity contribution in [1.82, 2.24) is 9.97 Å². The maximum absolute atomic E-state index is 8.10. The zero-order valence-corrected chi connectivity index (χ0v) is 15.3. The molecule has 1 aromatic heterocycles. The highest BCUT2D eigenvalue weighted by Crippen LogP contribution is 2.28. The summed E-state index contributed by atoms with van der Waals surface area (Å²) >= 11 is 6.06. The fourth-order valence-corrected chi connectivity index (χ4v) is 2.95. The molecule has 0 saturated carbocycles. The van der Waals surface area contributed by atoms with Crippen LogP contribution in [0.3, 0.4) is 0 Å². The summed E-state index contributed by atoms with van der Waals surface area (Å²) in [7, 11) is 0. The molecule has 1 aliphatic heterocycles. The van der Waals surface area contributed by atoms with Gasteiger partial charge in [-0.1, -0.05) is 11.6 Å². The van der Waals surface area contributed by atoms with Crippen LogP contribution in [-0.4, -0.2) is 34.5 Å². The monoisotopic (exact) mass is 375 g/mol. The highest BCUT2D eigenvalue weighted by molar-refractivity contribution is 6.32.